The lowest BCUT2D eigenvalue weighted by Crippen LogP contribution is -2.25. The number of H-pyrrole nitrogens is 1. The summed E-state index contributed by atoms with van der Waals surface area (Å²) in [6.45, 7) is 10.5. The summed E-state index contributed by atoms with van der Waals surface area (Å²) < 4.78 is 16.5. The normalized spacial score (nSPS) is 12.1. The van der Waals surface area contributed by atoms with Gasteiger partial charge in [0.15, 0.2) is 11.9 Å². The van der Waals surface area contributed by atoms with Gasteiger partial charge in [-0.1, -0.05) is 0 Å². The summed E-state index contributed by atoms with van der Waals surface area (Å²) in [7, 11) is 0. The second kappa shape index (κ2) is 8.18. The highest BCUT2D eigenvalue weighted by Crippen LogP contribution is 2.30. The molecule has 3 rings (SSSR count). The number of aryl methyl sites for hydroxylation is 2. The number of fused-ring (bicyclic) bond motifs is 1. The minimum absolute atomic E-state index is 0.0436. The van der Waals surface area contributed by atoms with Gasteiger partial charge in [0.2, 0.25) is 11.5 Å². The molecule has 0 fully saturated rings. The topological polar surface area (TPSA) is 98.6 Å². The van der Waals surface area contributed by atoms with Crippen molar-refractivity contribution in [3.8, 4) is 5.75 Å². The third-order valence-corrected chi connectivity index (χ3v) is 5.09. The second-order valence-electron chi connectivity index (χ2n) is 7.24. The maximum absolute atomic E-state index is 12.8. The van der Waals surface area contributed by atoms with Crippen molar-refractivity contribution in [1.82, 2.24) is 4.98 Å². The molecule has 0 spiro atoms. The van der Waals surface area contributed by atoms with Crippen molar-refractivity contribution in [1.29, 1.82) is 0 Å². The molecule has 0 saturated carbocycles. The van der Waals surface area contributed by atoms with E-state index in [2.05, 4.69) is 4.98 Å². The van der Waals surface area contributed by atoms with Crippen molar-refractivity contribution in [3.63, 3.8) is 0 Å². The molecular weight excluding hydrogens is 386 g/mol. The number of hydrogen-bond acceptors (Lipinski definition) is 6. The van der Waals surface area contributed by atoms with Crippen LogP contribution in [-0.2, 0) is 4.74 Å². The maximum Gasteiger partial charge on any atom is 0.375 e. The fourth-order valence-corrected chi connectivity index (χ4v) is 3.65. The molecule has 0 aliphatic carbocycles. The minimum Gasteiger partial charge on any atom is -0.494 e. The number of aromatic amines is 1. The fourth-order valence-electron chi connectivity index (χ4n) is 3.65. The summed E-state index contributed by atoms with van der Waals surface area (Å²) in [5.74, 6) is -0.549. The van der Waals surface area contributed by atoms with Crippen LogP contribution in [0, 0.1) is 20.8 Å². The zero-order valence-electron chi connectivity index (χ0n) is 18.0. The summed E-state index contributed by atoms with van der Waals surface area (Å²) in [5, 5.41) is 0.744. The first-order chi connectivity index (χ1) is 14.1. The van der Waals surface area contributed by atoms with Gasteiger partial charge < -0.3 is 18.9 Å². The number of Topliss-reactive ketones (excluding diaryl/α,β-unsaturated/α-hetero) is 2. The number of benzene rings is 1. The van der Waals surface area contributed by atoms with Crippen molar-refractivity contribution in [2.45, 2.75) is 47.6 Å². The van der Waals surface area contributed by atoms with Gasteiger partial charge in [-0.3, -0.25) is 9.59 Å². The molecule has 1 atom stereocenters. The number of aromatic nitrogens is 1. The van der Waals surface area contributed by atoms with Crippen molar-refractivity contribution < 1.29 is 28.3 Å². The van der Waals surface area contributed by atoms with E-state index in [4.69, 9.17) is 13.9 Å². The standard InChI is InChI=1S/C23H25NO6/c1-7-28-16-8-9-18-17(10-16)11(2)22(30-18)23(27)29-15(6)21(26)20-12(3)19(14(5)25)13(4)24-20/h8-10,15,24H,7H2,1-6H3/t15-/m0/s1. The van der Waals surface area contributed by atoms with Gasteiger partial charge >= 0.3 is 5.97 Å². The lowest BCUT2D eigenvalue weighted by molar-refractivity contribution is 0.0288. The highest BCUT2D eigenvalue weighted by Gasteiger charge is 2.28. The van der Waals surface area contributed by atoms with E-state index in [0.29, 0.717) is 40.3 Å². The van der Waals surface area contributed by atoms with Crippen LogP contribution < -0.4 is 4.74 Å². The Hall–Kier alpha value is -3.35. The van der Waals surface area contributed by atoms with Crippen LogP contribution in [0.3, 0.4) is 0 Å². The molecule has 1 N–H and O–H groups in total. The maximum atomic E-state index is 12.8. The lowest BCUT2D eigenvalue weighted by atomic mass is 10.0. The number of carbonyl (C=O) groups excluding carboxylic acids is 3. The molecule has 7 nitrogen and oxygen atoms in total. The number of carbonyl (C=O) groups is 3. The van der Waals surface area contributed by atoms with E-state index in [1.807, 2.05) is 6.92 Å². The number of hydrogen-bond donors (Lipinski definition) is 1. The molecule has 0 amide bonds. The molecule has 7 heteroatoms. The Balaban J connectivity index is 1.84. The minimum atomic E-state index is -1.05. The summed E-state index contributed by atoms with van der Waals surface area (Å²) in [6, 6.07) is 5.30. The van der Waals surface area contributed by atoms with Crippen LogP contribution in [0.4, 0.5) is 0 Å². The first kappa shape index (κ1) is 21.4. The predicted molar refractivity (Wildman–Crippen MR) is 112 cm³/mol. The van der Waals surface area contributed by atoms with Crippen LogP contribution in [0.25, 0.3) is 11.0 Å². The molecule has 0 radical (unpaired) electrons. The highest BCUT2D eigenvalue weighted by atomic mass is 16.6. The van der Waals surface area contributed by atoms with E-state index in [1.54, 1.807) is 39.0 Å². The highest BCUT2D eigenvalue weighted by molar-refractivity contribution is 6.06. The SMILES string of the molecule is CCOc1ccc2oc(C(=O)O[C@@H](C)C(=O)c3[nH]c(C)c(C(C)=O)c3C)c(C)c2c1. The first-order valence-electron chi connectivity index (χ1n) is 9.76. The van der Waals surface area contributed by atoms with E-state index in [-0.39, 0.29) is 17.2 Å². The van der Waals surface area contributed by atoms with Crippen LogP contribution in [0.5, 0.6) is 5.75 Å². The number of nitrogens with one attached hydrogen (secondary N) is 1. The monoisotopic (exact) mass is 411 g/mol. The van der Waals surface area contributed by atoms with Gasteiger partial charge in [0.05, 0.1) is 12.3 Å². The molecule has 158 valence electrons. The molecular formula is C23H25NO6. The van der Waals surface area contributed by atoms with Crippen LogP contribution >= 0.6 is 0 Å². The van der Waals surface area contributed by atoms with Crippen LogP contribution in [-0.4, -0.2) is 35.2 Å². The van der Waals surface area contributed by atoms with E-state index in [0.717, 1.165) is 5.39 Å². The molecule has 3 aromatic rings. The third kappa shape index (κ3) is 3.75. The molecule has 2 heterocycles. The fraction of sp³-hybridized carbons (Fsp3) is 0.348. The molecule has 1 aromatic carbocycles. The molecule has 30 heavy (non-hydrogen) atoms. The average Bonchev–Trinajstić information content (AvgIpc) is 3.17. The van der Waals surface area contributed by atoms with Gasteiger partial charge in [0, 0.05) is 22.2 Å². The Bertz CT molecular complexity index is 1150. The van der Waals surface area contributed by atoms with Gasteiger partial charge in [-0.25, -0.2) is 4.79 Å². The summed E-state index contributed by atoms with van der Waals surface area (Å²) in [6.07, 6.45) is -1.05. The summed E-state index contributed by atoms with van der Waals surface area (Å²) >= 11 is 0. The quantitative estimate of drug-likeness (QED) is 0.446. The summed E-state index contributed by atoms with van der Waals surface area (Å²) in [5.41, 5.74) is 3.05. The zero-order chi connectivity index (χ0) is 22.2. The van der Waals surface area contributed by atoms with Crippen molar-refractivity contribution >= 4 is 28.5 Å². The Morgan fingerprint density at radius 2 is 1.83 bits per heavy atom. The number of esters is 1. The Kier molecular flexibility index (Phi) is 5.82. The molecule has 2 aromatic heterocycles. The number of furan rings is 1. The Labute approximate surface area is 174 Å². The van der Waals surface area contributed by atoms with Gasteiger partial charge in [0.25, 0.3) is 0 Å². The largest absolute Gasteiger partial charge is 0.494 e. The Morgan fingerprint density at radius 3 is 2.43 bits per heavy atom. The van der Waals surface area contributed by atoms with E-state index < -0.39 is 17.9 Å². The third-order valence-electron chi connectivity index (χ3n) is 5.09. The van der Waals surface area contributed by atoms with E-state index >= 15 is 0 Å². The van der Waals surface area contributed by atoms with Crippen molar-refractivity contribution in [3.05, 3.63) is 52.0 Å². The van der Waals surface area contributed by atoms with Crippen LogP contribution in [0.1, 0.15) is 69.0 Å². The van der Waals surface area contributed by atoms with E-state index in [9.17, 15) is 14.4 Å². The van der Waals surface area contributed by atoms with Gasteiger partial charge in [0.1, 0.15) is 11.3 Å². The van der Waals surface area contributed by atoms with Crippen LogP contribution in [0.15, 0.2) is 22.6 Å². The zero-order valence-corrected chi connectivity index (χ0v) is 18.0. The molecule has 0 aliphatic heterocycles. The average molecular weight is 411 g/mol. The number of ketones is 2. The molecule has 0 aliphatic rings. The number of ether oxygens (including phenoxy) is 2. The van der Waals surface area contributed by atoms with Crippen molar-refractivity contribution in [2.75, 3.05) is 6.61 Å². The Morgan fingerprint density at radius 1 is 1.13 bits per heavy atom. The summed E-state index contributed by atoms with van der Waals surface area (Å²) in [4.78, 5) is 40.3. The van der Waals surface area contributed by atoms with Crippen molar-refractivity contribution in [2.24, 2.45) is 0 Å². The van der Waals surface area contributed by atoms with Gasteiger partial charge in [-0.2, -0.15) is 0 Å². The molecule has 0 saturated heterocycles. The lowest BCUT2D eigenvalue weighted by Gasteiger charge is -2.11. The number of rotatable bonds is 7. The smallest absolute Gasteiger partial charge is 0.375 e. The second-order valence-corrected chi connectivity index (χ2v) is 7.24. The van der Waals surface area contributed by atoms with E-state index in [1.165, 1.54) is 13.8 Å². The first-order valence-corrected chi connectivity index (χ1v) is 9.76. The van der Waals surface area contributed by atoms with Gasteiger partial charge in [-0.05, 0) is 65.3 Å². The molecule has 0 bridgehead atoms. The molecule has 0 unspecified atom stereocenters. The predicted octanol–water partition coefficient (Wildman–Crippen LogP) is 4.72. The van der Waals surface area contributed by atoms with Gasteiger partial charge in [-0.15, -0.1) is 0 Å². The van der Waals surface area contributed by atoms with Crippen LogP contribution in [0.2, 0.25) is 0 Å².